The highest BCUT2D eigenvalue weighted by atomic mass is 32.1. The molecule has 0 atom stereocenters. The Morgan fingerprint density at radius 3 is 2.89 bits per heavy atom. The fourth-order valence-electron chi connectivity index (χ4n) is 1.68. The average molecular weight is 258 g/mol. The SMILES string of the molecule is Cc1cc2c(NN)nc(-c3cnccn3)nc2s1. The highest BCUT2D eigenvalue weighted by Crippen LogP contribution is 2.29. The number of hydrogen-bond acceptors (Lipinski definition) is 7. The van der Waals surface area contributed by atoms with Crippen LogP contribution in [0.15, 0.2) is 24.7 Å². The van der Waals surface area contributed by atoms with E-state index < -0.39 is 0 Å². The summed E-state index contributed by atoms with van der Waals surface area (Å²) in [5.41, 5.74) is 3.23. The van der Waals surface area contributed by atoms with E-state index in [1.165, 1.54) is 0 Å². The van der Waals surface area contributed by atoms with Crippen LogP contribution in [0.25, 0.3) is 21.7 Å². The number of rotatable bonds is 2. The molecule has 3 N–H and O–H groups in total. The second-order valence-electron chi connectivity index (χ2n) is 3.71. The summed E-state index contributed by atoms with van der Waals surface area (Å²) >= 11 is 1.60. The molecule has 0 radical (unpaired) electrons. The van der Waals surface area contributed by atoms with E-state index in [0.29, 0.717) is 17.3 Å². The van der Waals surface area contributed by atoms with Gasteiger partial charge in [0.1, 0.15) is 10.5 Å². The number of hydrogen-bond donors (Lipinski definition) is 2. The summed E-state index contributed by atoms with van der Waals surface area (Å²) in [6.07, 6.45) is 4.85. The van der Waals surface area contributed by atoms with Gasteiger partial charge in [-0.05, 0) is 13.0 Å². The van der Waals surface area contributed by atoms with Gasteiger partial charge in [0.2, 0.25) is 0 Å². The Kier molecular flexibility index (Phi) is 2.62. The Morgan fingerprint density at radius 2 is 2.17 bits per heavy atom. The van der Waals surface area contributed by atoms with Crippen LogP contribution in [0.2, 0.25) is 0 Å². The molecule has 0 aromatic carbocycles. The van der Waals surface area contributed by atoms with Gasteiger partial charge in [0.15, 0.2) is 11.6 Å². The summed E-state index contributed by atoms with van der Waals surface area (Å²) in [6.45, 7) is 2.02. The van der Waals surface area contributed by atoms with E-state index in [1.807, 2.05) is 13.0 Å². The molecule has 0 bridgehead atoms. The molecule has 3 aromatic heterocycles. The molecule has 3 heterocycles. The van der Waals surface area contributed by atoms with Crippen LogP contribution in [-0.4, -0.2) is 19.9 Å². The summed E-state index contributed by atoms with van der Waals surface area (Å²) in [5, 5.41) is 0.924. The summed E-state index contributed by atoms with van der Waals surface area (Å²) < 4.78 is 0. The monoisotopic (exact) mass is 258 g/mol. The number of nitrogen functional groups attached to an aromatic ring is 1. The van der Waals surface area contributed by atoms with E-state index in [-0.39, 0.29) is 0 Å². The first-order valence-corrected chi connectivity index (χ1v) is 6.11. The first-order chi connectivity index (χ1) is 8.78. The maximum Gasteiger partial charge on any atom is 0.183 e. The van der Waals surface area contributed by atoms with Gasteiger partial charge in [-0.1, -0.05) is 0 Å². The topological polar surface area (TPSA) is 89.6 Å². The maximum atomic E-state index is 5.50. The van der Waals surface area contributed by atoms with E-state index in [4.69, 9.17) is 5.84 Å². The zero-order valence-electron chi connectivity index (χ0n) is 9.58. The standard InChI is InChI=1S/C11H10N6S/c1-6-4-7-9(17-12)15-10(16-11(7)18-6)8-5-13-2-3-14-8/h2-5H,12H2,1H3,(H,15,16,17). The molecule has 0 aliphatic heterocycles. The molecule has 0 fully saturated rings. The molecule has 0 aliphatic rings. The van der Waals surface area contributed by atoms with E-state index >= 15 is 0 Å². The van der Waals surface area contributed by atoms with Gasteiger partial charge in [-0.15, -0.1) is 11.3 Å². The lowest BCUT2D eigenvalue weighted by Crippen LogP contribution is -2.10. The van der Waals surface area contributed by atoms with Crippen LogP contribution in [0.4, 0.5) is 5.82 Å². The van der Waals surface area contributed by atoms with Crippen LogP contribution in [-0.2, 0) is 0 Å². The molecule has 0 unspecified atom stereocenters. The quantitative estimate of drug-likeness (QED) is 0.537. The van der Waals surface area contributed by atoms with Crippen molar-refractivity contribution in [1.82, 2.24) is 19.9 Å². The lowest BCUT2D eigenvalue weighted by Gasteiger charge is -2.03. The fourth-order valence-corrected chi connectivity index (χ4v) is 2.56. The van der Waals surface area contributed by atoms with Crippen molar-refractivity contribution in [3.8, 4) is 11.5 Å². The second-order valence-corrected chi connectivity index (χ2v) is 4.94. The van der Waals surface area contributed by atoms with Gasteiger partial charge >= 0.3 is 0 Å². The maximum absolute atomic E-state index is 5.50. The Balaban J connectivity index is 2.25. The van der Waals surface area contributed by atoms with Crippen LogP contribution in [0.3, 0.4) is 0 Å². The molecule has 7 heteroatoms. The van der Waals surface area contributed by atoms with E-state index in [0.717, 1.165) is 15.1 Å². The summed E-state index contributed by atoms with van der Waals surface area (Å²) in [5.74, 6) is 6.62. The summed E-state index contributed by atoms with van der Waals surface area (Å²) in [7, 11) is 0. The number of fused-ring (bicyclic) bond motifs is 1. The van der Waals surface area contributed by atoms with Crippen LogP contribution in [0, 0.1) is 6.92 Å². The minimum absolute atomic E-state index is 0.519. The van der Waals surface area contributed by atoms with Gasteiger partial charge in [-0.2, -0.15) is 0 Å². The molecule has 0 amide bonds. The van der Waals surface area contributed by atoms with Crippen LogP contribution >= 0.6 is 11.3 Å². The minimum atomic E-state index is 0.519. The molecule has 0 aliphatic carbocycles. The van der Waals surface area contributed by atoms with Crippen molar-refractivity contribution in [3.05, 3.63) is 29.5 Å². The predicted molar refractivity (Wildman–Crippen MR) is 71.0 cm³/mol. The number of nitrogens with zero attached hydrogens (tertiary/aromatic N) is 4. The third-order valence-corrected chi connectivity index (χ3v) is 3.39. The molecule has 0 saturated carbocycles. The second kappa shape index (κ2) is 4.28. The largest absolute Gasteiger partial charge is 0.308 e. The van der Waals surface area contributed by atoms with Crippen molar-refractivity contribution in [1.29, 1.82) is 0 Å². The Hall–Kier alpha value is -2.12. The third kappa shape index (κ3) is 1.79. The molecule has 90 valence electrons. The Labute approximate surface area is 107 Å². The van der Waals surface area contributed by atoms with E-state index in [2.05, 4.69) is 25.4 Å². The van der Waals surface area contributed by atoms with E-state index in [9.17, 15) is 0 Å². The first kappa shape index (κ1) is 11.0. The molecular weight excluding hydrogens is 248 g/mol. The van der Waals surface area contributed by atoms with Crippen molar-refractivity contribution >= 4 is 27.4 Å². The van der Waals surface area contributed by atoms with Crippen molar-refractivity contribution in [2.75, 3.05) is 5.43 Å². The minimum Gasteiger partial charge on any atom is -0.308 e. The first-order valence-electron chi connectivity index (χ1n) is 5.29. The Morgan fingerprint density at radius 1 is 1.28 bits per heavy atom. The van der Waals surface area contributed by atoms with Crippen LogP contribution in [0.5, 0.6) is 0 Å². The highest BCUT2D eigenvalue weighted by Gasteiger charge is 2.11. The summed E-state index contributed by atoms with van der Waals surface area (Å²) in [6, 6.07) is 2.01. The number of aryl methyl sites for hydroxylation is 1. The third-order valence-electron chi connectivity index (χ3n) is 2.44. The predicted octanol–water partition coefficient (Wildman–Crippen LogP) is 1.74. The number of anilines is 1. The molecule has 3 aromatic rings. The zero-order valence-corrected chi connectivity index (χ0v) is 10.4. The van der Waals surface area contributed by atoms with Crippen molar-refractivity contribution in [2.24, 2.45) is 5.84 Å². The number of aromatic nitrogens is 4. The molecule has 18 heavy (non-hydrogen) atoms. The normalized spacial score (nSPS) is 10.8. The average Bonchev–Trinajstić information content (AvgIpc) is 2.78. The lowest BCUT2D eigenvalue weighted by atomic mass is 10.3. The van der Waals surface area contributed by atoms with Crippen molar-refractivity contribution in [2.45, 2.75) is 6.92 Å². The van der Waals surface area contributed by atoms with Crippen molar-refractivity contribution in [3.63, 3.8) is 0 Å². The molecular formula is C11H10N6S. The van der Waals surface area contributed by atoms with Gasteiger partial charge in [0.25, 0.3) is 0 Å². The smallest absolute Gasteiger partial charge is 0.183 e. The van der Waals surface area contributed by atoms with E-state index in [1.54, 1.807) is 29.9 Å². The van der Waals surface area contributed by atoms with Gasteiger partial charge < -0.3 is 5.43 Å². The van der Waals surface area contributed by atoms with Gasteiger partial charge in [0.05, 0.1) is 11.6 Å². The number of thiophene rings is 1. The van der Waals surface area contributed by atoms with Crippen molar-refractivity contribution < 1.29 is 0 Å². The highest BCUT2D eigenvalue weighted by molar-refractivity contribution is 7.18. The molecule has 0 spiro atoms. The number of hydrazine groups is 1. The van der Waals surface area contributed by atoms with Gasteiger partial charge in [-0.25, -0.2) is 20.8 Å². The molecule has 0 saturated heterocycles. The molecule has 3 rings (SSSR count). The van der Waals surface area contributed by atoms with Gasteiger partial charge in [0, 0.05) is 17.3 Å². The van der Waals surface area contributed by atoms with Crippen LogP contribution < -0.4 is 11.3 Å². The summed E-state index contributed by atoms with van der Waals surface area (Å²) in [4.78, 5) is 19.1. The lowest BCUT2D eigenvalue weighted by molar-refractivity contribution is 1.13. The number of nitrogens with one attached hydrogen (secondary N) is 1. The number of nitrogens with two attached hydrogens (primary N) is 1. The fraction of sp³-hybridized carbons (Fsp3) is 0.0909. The van der Waals surface area contributed by atoms with Crippen LogP contribution in [0.1, 0.15) is 4.88 Å². The van der Waals surface area contributed by atoms with Gasteiger partial charge in [-0.3, -0.25) is 4.98 Å². The zero-order chi connectivity index (χ0) is 12.5. The Bertz CT molecular complexity index is 693. The molecule has 6 nitrogen and oxygen atoms in total.